The first kappa shape index (κ1) is 22.0. The summed E-state index contributed by atoms with van der Waals surface area (Å²) in [5.74, 6) is -0.726. The Kier molecular flexibility index (Phi) is 6.84. The van der Waals surface area contributed by atoms with E-state index in [1.54, 1.807) is 30.5 Å². The van der Waals surface area contributed by atoms with Gasteiger partial charge in [0.1, 0.15) is 5.25 Å². The molecule has 2 aliphatic rings. The molecule has 0 bridgehead atoms. The van der Waals surface area contributed by atoms with Gasteiger partial charge in [0.25, 0.3) is 11.8 Å². The smallest absolute Gasteiger partial charge is 0.262 e. The first-order valence-electron chi connectivity index (χ1n) is 10.7. The zero-order valence-electron chi connectivity index (χ0n) is 17.8. The van der Waals surface area contributed by atoms with Crippen molar-refractivity contribution in [3.05, 3.63) is 59.9 Å². The lowest BCUT2D eigenvalue weighted by Crippen LogP contribution is -2.27. The van der Waals surface area contributed by atoms with Crippen LogP contribution in [0.15, 0.2) is 53.7 Å². The van der Waals surface area contributed by atoms with Crippen LogP contribution in [0, 0.1) is 0 Å². The molecule has 32 heavy (non-hydrogen) atoms. The van der Waals surface area contributed by atoms with E-state index in [9.17, 15) is 14.4 Å². The Morgan fingerprint density at radius 1 is 1.16 bits per heavy atom. The molecule has 8 nitrogen and oxygen atoms in total. The van der Waals surface area contributed by atoms with Crippen LogP contribution < -0.4 is 10.6 Å². The number of hydrogen-bond donors (Lipinski definition) is 2. The number of hydrogen-bond acceptors (Lipinski definition) is 6. The molecule has 1 aromatic heterocycles. The Hall–Kier alpha value is -3.20. The van der Waals surface area contributed by atoms with Gasteiger partial charge in [-0.05, 0) is 56.2 Å². The summed E-state index contributed by atoms with van der Waals surface area (Å²) >= 11 is 1.37. The van der Waals surface area contributed by atoms with Crippen molar-refractivity contribution < 1.29 is 14.4 Å². The van der Waals surface area contributed by atoms with Gasteiger partial charge in [-0.3, -0.25) is 19.4 Å². The molecule has 0 aliphatic carbocycles. The highest BCUT2D eigenvalue weighted by Crippen LogP contribution is 2.29. The summed E-state index contributed by atoms with van der Waals surface area (Å²) in [7, 11) is 0. The number of likely N-dealkylation sites (tertiary alicyclic amines) is 1. The third-order valence-electron chi connectivity index (χ3n) is 5.39. The minimum atomic E-state index is -0.483. The maximum absolute atomic E-state index is 12.5. The maximum Gasteiger partial charge on any atom is 0.262 e. The summed E-state index contributed by atoms with van der Waals surface area (Å²) in [6.45, 7) is 3.70. The van der Waals surface area contributed by atoms with E-state index in [1.807, 2.05) is 25.1 Å². The molecule has 9 heteroatoms. The number of benzene rings is 1. The number of pyridine rings is 1. The quantitative estimate of drug-likeness (QED) is 0.700. The van der Waals surface area contributed by atoms with E-state index in [-0.39, 0.29) is 30.2 Å². The minimum Gasteiger partial charge on any atom is -0.351 e. The highest BCUT2D eigenvalue weighted by atomic mass is 32.2. The summed E-state index contributed by atoms with van der Waals surface area (Å²) in [5, 5.41) is 5.96. The van der Waals surface area contributed by atoms with E-state index in [0.29, 0.717) is 11.3 Å². The number of thioether (sulfide) groups is 1. The molecule has 0 saturated carbocycles. The topological polar surface area (TPSA) is 104 Å². The molecule has 166 valence electrons. The Morgan fingerprint density at radius 3 is 2.59 bits per heavy atom. The molecule has 1 aromatic carbocycles. The number of nitrogens with zero attached hydrogens (tertiary/aromatic N) is 3. The summed E-state index contributed by atoms with van der Waals surface area (Å²) in [4.78, 5) is 47.6. The zero-order valence-corrected chi connectivity index (χ0v) is 18.6. The monoisotopic (exact) mass is 451 g/mol. The molecule has 3 amide bonds. The summed E-state index contributed by atoms with van der Waals surface area (Å²) in [6, 6.07) is 12.0. The van der Waals surface area contributed by atoms with Crippen molar-refractivity contribution in [1.82, 2.24) is 15.2 Å². The lowest BCUT2D eigenvalue weighted by atomic mass is 10.1. The minimum absolute atomic E-state index is 0.0637. The van der Waals surface area contributed by atoms with Crippen LogP contribution in [0.5, 0.6) is 0 Å². The van der Waals surface area contributed by atoms with Crippen molar-refractivity contribution in [3.8, 4) is 0 Å². The van der Waals surface area contributed by atoms with Gasteiger partial charge in [0.05, 0.1) is 11.7 Å². The predicted molar refractivity (Wildman–Crippen MR) is 124 cm³/mol. The van der Waals surface area contributed by atoms with Crippen molar-refractivity contribution in [3.63, 3.8) is 0 Å². The van der Waals surface area contributed by atoms with Crippen LogP contribution in [0.4, 0.5) is 5.69 Å². The normalized spacial score (nSPS) is 18.9. The molecule has 1 fully saturated rings. The largest absolute Gasteiger partial charge is 0.351 e. The molecule has 2 N–H and O–H groups in total. The van der Waals surface area contributed by atoms with Crippen LogP contribution >= 0.6 is 11.8 Å². The average molecular weight is 452 g/mol. The maximum atomic E-state index is 12.5. The van der Waals surface area contributed by atoms with Gasteiger partial charge in [0.15, 0.2) is 5.17 Å². The number of anilines is 1. The molecule has 1 saturated heterocycles. The van der Waals surface area contributed by atoms with Gasteiger partial charge in [0.2, 0.25) is 5.91 Å². The summed E-state index contributed by atoms with van der Waals surface area (Å²) < 4.78 is 0. The lowest BCUT2D eigenvalue weighted by molar-refractivity contribution is -0.121. The molecule has 0 spiro atoms. The molecular formula is C23H25N5O3S. The fourth-order valence-electron chi connectivity index (χ4n) is 3.62. The van der Waals surface area contributed by atoms with E-state index in [4.69, 9.17) is 0 Å². The van der Waals surface area contributed by atoms with Gasteiger partial charge in [0, 0.05) is 37.0 Å². The van der Waals surface area contributed by atoms with E-state index < -0.39 is 5.25 Å². The molecule has 2 aromatic rings. The second kappa shape index (κ2) is 9.95. The van der Waals surface area contributed by atoms with Gasteiger partial charge in [-0.2, -0.15) is 4.99 Å². The SMILES string of the molecule is C[C@@H](NC(=O)c1ccc(NC(=O)C[C@@H]2SC(N3CCCC3)=NC2=O)cc1)c1ccccn1. The second-order valence-corrected chi connectivity index (χ2v) is 8.98. The number of amides is 3. The van der Waals surface area contributed by atoms with Crippen molar-refractivity contribution in [2.24, 2.45) is 4.99 Å². The Morgan fingerprint density at radius 2 is 1.91 bits per heavy atom. The first-order chi connectivity index (χ1) is 15.5. The Labute approximate surface area is 190 Å². The average Bonchev–Trinajstić information content (AvgIpc) is 3.45. The van der Waals surface area contributed by atoms with Gasteiger partial charge < -0.3 is 15.5 Å². The van der Waals surface area contributed by atoms with Crippen LogP contribution in [-0.2, 0) is 9.59 Å². The van der Waals surface area contributed by atoms with Crippen molar-refractivity contribution in [1.29, 1.82) is 0 Å². The lowest BCUT2D eigenvalue weighted by Gasteiger charge is -2.16. The van der Waals surface area contributed by atoms with E-state index >= 15 is 0 Å². The molecule has 4 rings (SSSR count). The van der Waals surface area contributed by atoms with Crippen LogP contribution in [0.25, 0.3) is 0 Å². The highest BCUT2D eigenvalue weighted by Gasteiger charge is 2.33. The van der Waals surface area contributed by atoms with E-state index in [1.165, 1.54) is 11.8 Å². The van der Waals surface area contributed by atoms with Gasteiger partial charge in [-0.15, -0.1) is 0 Å². The fraction of sp³-hybridized carbons (Fsp3) is 0.348. The van der Waals surface area contributed by atoms with Crippen molar-refractivity contribution in [2.75, 3.05) is 18.4 Å². The Bertz CT molecular complexity index is 1020. The third-order valence-corrected chi connectivity index (χ3v) is 6.60. The van der Waals surface area contributed by atoms with Crippen LogP contribution in [0.2, 0.25) is 0 Å². The molecule has 2 atom stereocenters. The van der Waals surface area contributed by atoms with E-state index in [0.717, 1.165) is 36.8 Å². The molecule has 0 radical (unpaired) electrons. The van der Waals surface area contributed by atoms with E-state index in [2.05, 4.69) is 25.5 Å². The summed E-state index contributed by atoms with van der Waals surface area (Å²) in [6.07, 6.45) is 3.96. The predicted octanol–water partition coefficient (Wildman–Crippen LogP) is 3.00. The standard InChI is InChI=1S/C23H25N5O3S/c1-15(18-6-2-3-11-24-18)25-21(30)16-7-9-17(10-8-16)26-20(29)14-19-22(31)27-23(32-19)28-12-4-5-13-28/h2-3,6-11,15,19H,4-5,12-14H2,1H3,(H,25,30)(H,26,29)/t15-,19+/m1/s1. The number of amidine groups is 1. The van der Waals surface area contributed by atoms with Crippen molar-refractivity contribution in [2.45, 2.75) is 37.5 Å². The zero-order chi connectivity index (χ0) is 22.5. The molecular weight excluding hydrogens is 426 g/mol. The Balaban J connectivity index is 1.27. The number of nitrogens with one attached hydrogen (secondary N) is 2. The van der Waals surface area contributed by atoms with Crippen LogP contribution in [0.1, 0.15) is 48.3 Å². The van der Waals surface area contributed by atoms with Crippen molar-refractivity contribution >= 4 is 40.3 Å². The molecule has 0 unspecified atom stereocenters. The molecule has 3 heterocycles. The number of carbonyl (C=O) groups excluding carboxylic acids is 3. The summed E-state index contributed by atoms with van der Waals surface area (Å²) in [5.41, 5.74) is 1.83. The molecule has 2 aliphatic heterocycles. The fourth-order valence-corrected chi connectivity index (χ4v) is 4.74. The number of carbonyl (C=O) groups is 3. The van der Waals surface area contributed by atoms with Gasteiger partial charge >= 0.3 is 0 Å². The highest BCUT2D eigenvalue weighted by molar-refractivity contribution is 8.15. The number of rotatable bonds is 6. The number of aromatic nitrogens is 1. The number of aliphatic imine (C=N–C) groups is 1. The first-order valence-corrected chi connectivity index (χ1v) is 11.5. The van der Waals surface area contributed by atoms with Crippen LogP contribution in [-0.4, -0.2) is 51.1 Å². The second-order valence-electron chi connectivity index (χ2n) is 7.81. The third kappa shape index (κ3) is 5.34. The van der Waals surface area contributed by atoms with Gasteiger partial charge in [-0.25, -0.2) is 0 Å². The van der Waals surface area contributed by atoms with Gasteiger partial charge in [-0.1, -0.05) is 17.8 Å². The van der Waals surface area contributed by atoms with Crippen LogP contribution in [0.3, 0.4) is 0 Å².